The number of hydrogen-bond donors (Lipinski definition) is 0. The van der Waals surface area contributed by atoms with Gasteiger partial charge in [-0.05, 0) is 25.1 Å². The van der Waals surface area contributed by atoms with Crippen LogP contribution in [0.3, 0.4) is 0 Å². The van der Waals surface area contributed by atoms with Crippen LogP contribution in [0.15, 0.2) is 23.6 Å². The summed E-state index contributed by atoms with van der Waals surface area (Å²) in [6.07, 6.45) is 0. The standard InChI is InChI=1S/C21H28N4O4S/c1-5-25(15(2)26)21-22-17(14-30-21)13-23-8-10-24(11-9-23)20(27)16-6-7-18(28-3)19(12-16)29-4/h6-7,12,14H,5,8-11,13H2,1-4H3. The lowest BCUT2D eigenvalue weighted by Gasteiger charge is -2.34. The summed E-state index contributed by atoms with van der Waals surface area (Å²) in [5.74, 6) is 1.15. The molecule has 0 N–H and O–H groups in total. The Morgan fingerprint density at radius 3 is 2.43 bits per heavy atom. The predicted octanol–water partition coefficient (Wildman–Crippen LogP) is 2.49. The van der Waals surface area contributed by atoms with Crippen molar-refractivity contribution >= 4 is 28.3 Å². The average Bonchev–Trinajstić information content (AvgIpc) is 3.21. The SMILES string of the molecule is CCN(C(C)=O)c1nc(CN2CCN(C(=O)c3ccc(OC)c(OC)c3)CC2)cs1. The van der Waals surface area contributed by atoms with Gasteiger partial charge in [0.2, 0.25) is 5.91 Å². The van der Waals surface area contributed by atoms with Crippen LogP contribution >= 0.6 is 11.3 Å². The first-order valence-corrected chi connectivity index (χ1v) is 10.8. The first kappa shape index (κ1) is 22.0. The van der Waals surface area contributed by atoms with Gasteiger partial charge in [0.25, 0.3) is 5.91 Å². The van der Waals surface area contributed by atoms with Gasteiger partial charge in [-0.1, -0.05) is 0 Å². The fraction of sp³-hybridized carbons (Fsp3) is 0.476. The average molecular weight is 433 g/mol. The Labute approximate surface area is 181 Å². The minimum absolute atomic E-state index is 0.000638. The van der Waals surface area contributed by atoms with Crippen molar-refractivity contribution in [3.05, 3.63) is 34.8 Å². The minimum Gasteiger partial charge on any atom is -0.493 e. The molecule has 0 spiro atoms. The Hall–Kier alpha value is -2.65. The number of benzene rings is 1. The number of hydrogen-bond acceptors (Lipinski definition) is 7. The van der Waals surface area contributed by atoms with E-state index in [1.54, 1.807) is 44.2 Å². The summed E-state index contributed by atoms with van der Waals surface area (Å²) in [6.45, 7) is 7.67. The molecule has 0 radical (unpaired) electrons. The van der Waals surface area contributed by atoms with Crippen LogP contribution in [-0.2, 0) is 11.3 Å². The molecular weight excluding hydrogens is 404 g/mol. The van der Waals surface area contributed by atoms with E-state index >= 15 is 0 Å². The lowest BCUT2D eigenvalue weighted by atomic mass is 10.1. The van der Waals surface area contributed by atoms with Crippen molar-refractivity contribution in [2.24, 2.45) is 0 Å². The van der Waals surface area contributed by atoms with Crippen molar-refractivity contribution in [3.63, 3.8) is 0 Å². The highest BCUT2D eigenvalue weighted by Gasteiger charge is 2.24. The molecular formula is C21H28N4O4S. The highest BCUT2D eigenvalue weighted by atomic mass is 32.1. The molecule has 1 aliphatic heterocycles. The van der Waals surface area contributed by atoms with E-state index in [-0.39, 0.29) is 11.8 Å². The summed E-state index contributed by atoms with van der Waals surface area (Å²) in [5.41, 5.74) is 1.54. The molecule has 2 heterocycles. The number of aromatic nitrogens is 1. The third-order valence-electron chi connectivity index (χ3n) is 5.14. The maximum atomic E-state index is 12.9. The second kappa shape index (κ2) is 9.90. The van der Waals surface area contributed by atoms with E-state index in [2.05, 4.69) is 9.88 Å². The Kier molecular flexibility index (Phi) is 7.28. The van der Waals surface area contributed by atoms with Crippen LogP contribution in [0.4, 0.5) is 5.13 Å². The van der Waals surface area contributed by atoms with Gasteiger partial charge in [0.15, 0.2) is 16.6 Å². The quantitative estimate of drug-likeness (QED) is 0.669. The van der Waals surface area contributed by atoms with Gasteiger partial charge in [0.1, 0.15) is 0 Å². The van der Waals surface area contributed by atoms with Gasteiger partial charge in [-0.25, -0.2) is 4.98 Å². The molecule has 1 fully saturated rings. The van der Waals surface area contributed by atoms with Crippen LogP contribution in [0, 0.1) is 0 Å². The second-order valence-corrected chi connectivity index (χ2v) is 7.86. The van der Waals surface area contributed by atoms with E-state index < -0.39 is 0 Å². The van der Waals surface area contributed by atoms with E-state index in [4.69, 9.17) is 9.47 Å². The Balaban J connectivity index is 1.57. The first-order valence-electron chi connectivity index (χ1n) is 9.93. The second-order valence-electron chi connectivity index (χ2n) is 7.02. The molecule has 0 atom stereocenters. The third kappa shape index (κ3) is 4.91. The van der Waals surface area contributed by atoms with Crippen molar-refractivity contribution in [2.75, 3.05) is 51.8 Å². The summed E-state index contributed by atoms with van der Waals surface area (Å²) in [4.78, 5) is 35.0. The molecule has 1 saturated heterocycles. The first-order chi connectivity index (χ1) is 14.5. The predicted molar refractivity (Wildman–Crippen MR) is 117 cm³/mol. The molecule has 2 aromatic rings. The van der Waals surface area contributed by atoms with Crippen molar-refractivity contribution in [3.8, 4) is 11.5 Å². The van der Waals surface area contributed by atoms with Crippen LogP contribution in [0.25, 0.3) is 0 Å². The number of ether oxygens (including phenoxy) is 2. The summed E-state index contributed by atoms with van der Waals surface area (Å²) >= 11 is 1.49. The van der Waals surface area contributed by atoms with E-state index in [1.807, 2.05) is 17.2 Å². The molecule has 0 aliphatic carbocycles. The summed E-state index contributed by atoms with van der Waals surface area (Å²) < 4.78 is 10.5. The maximum absolute atomic E-state index is 12.9. The molecule has 0 unspecified atom stereocenters. The molecule has 8 nitrogen and oxygen atoms in total. The van der Waals surface area contributed by atoms with Gasteiger partial charge >= 0.3 is 0 Å². The molecule has 30 heavy (non-hydrogen) atoms. The van der Waals surface area contributed by atoms with Crippen LogP contribution in [0.5, 0.6) is 11.5 Å². The number of nitrogens with zero attached hydrogens (tertiary/aromatic N) is 4. The smallest absolute Gasteiger partial charge is 0.254 e. The van der Waals surface area contributed by atoms with Crippen molar-refractivity contribution < 1.29 is 19.1 Å². The molecule has 9 heteroatoms. The van der Waals surface area contributed by atoms with Crippen molar-refractivity contribution in [1.29, 1.82) is 0 Å². The van der Waals surface area contributed by atoms with Crippen LogP contribution in [0.2, 0.25) is 0 Å². The molecule has 3 rings (SSSR count). The van der Waals surface area contributed by atoms with E-state index in [1.165, 1.54) is 11.3 Å². The van der Waals surface area contributed by atoms with Gasteiger partial charge in [-0.15, -0.1) is 11.3 Å². The number of methoxy groups -OCH3 is 2. The summed E-state index contributed by atoms with van der Waals surface area (Å²) in [7, 11) is 3.13. The molecule has 1 aromatic heterocycles. The zero-order valence-electron chi connectivity index (χ0n) is 17.9. The van der Waals surface area contributed by atoms with Gasteiger partial charge in [0.05, 0.1) is 19.9 Å². The highest BCUT2D eigenvalue weighted by Crippen LogP contribution is 2.28. The van der Waals surface area contributed by atoms with Crippen LogP contribution < -0.4 is 14.4 Å². The summed E-state index contributed by atoms with van der Waals surface area (Å²) in [5, 5.41) is 2.74. The van der Waals surface area contributed by atoms with Gasteiger partial charge in [-0.2, -0.15) is 0 Å². The molecule has 162 valence electrons. The zero-order chi connectivity index (χ0) is 21.7. The number of anilines is 1. The van der Waals surface area contributed by atoms with Gasteiger partial charge in [-0.3, -0.25) is 19.4 Å². The number of thiazole rings is 1. The number of amides is 2. The van der Waals surface area contributed by atoms with E-state index in [0.717, 1.165) is 23.9 Å². The van der Waals surface area contributed by atoms with E-state index in [9.17, 15) is 9.59 Å². The number of carbonyl (C=O) groups excluding carboxylic acids is 2. The molecule has 1 aliphatic rings. The topological polar surface area (TPSA) is 75.2 Å². The lowest BCUT2D eigenvalue weighted by Crippen LogP contribution is -2.48. The van der Waals surface area contributed by atoms with Crippen LogP contribution in [-0.4, -0.2) is 73.5 Å². The fourth-order valence-corrected chi connectivity index (χ4v) is 4.40. The number of rotatable bonds is 7. The third-order valence-corrected chi connectivity index (χ3v) is 6.05. The largest absolute Gasteiger partial charge is 0.493 e. The van der Waals surface area contributed by atoms with Crippen molar-refractivity contribution in [2.45, 2.75) is 20.4 Å². The molecule has 2 amide bonds. The van der Waals surface area contributed by atoms with Crippen molar-refractivity contribution in [1.82, 2.24) is 14.8 Å². The fourth-order valence-electron chi connectivity index (χ4n) is 3.48. The lowest BCUT2D eigenvalue weighted by molar-refractivity contribution is -0.116. The Morgan fingerprint density at radius 2 is 1.83 bits per heavy atom. The van der Waals surface area contributed by atoms with Crippen LogP contribution in [0.1, 0.15) is 29.9 Å². The van der Waals surface area contributed by atoms with E-state index in [0.29, 0.717) is 43.2 Å². The maximum Gasteiger partial charge on any atom is 0.254 e. The zero-order valence-corrected chi connectivity index (χ0v) is 18.7. The normalized spacial score (nSPS) is 14.5. The minimum atomic E-state index is -0.00778. The number of carbonyl (C=O) groups is 2. The van der Waals surface area contributed by atoms with Gasteiger partial charge in [0, 0.05) is 57.1 Å². The summed E-state index contributed by atoms with van der Waals surface area (Å²) in [6, 6.07) is 5.24. The van der Waals surface area contributed by atoms with Gasteiger partial charge < -0.3 is 14.4 Å². The molecule has 0 bridgehead atoms. The number of piperazine rings is 1. The molecule has 0 saturated carbocycles. The monoisotopic (exact) mass is 432 g/mol. The highest BCUT2D eigenvalue weighted by molar-refractivity contribution is 7.14. The Bertz CT molecular complexity index is 893. The Morgan fingerprint density at radius 1 is 1.13 bits per heavy atom. The molecule has 1 aromatic carbocycles.